The second kappa shape index (κ2) is 10.2. The molecule has 1 amide bonds. The molecule has 2 aromatic rings. The van der Waals surface area contributed by atoms with Crippen LogP contribution in [-0.2, 0) is 9.59 Å². The van der Waals surface area contributed by atoms with E-state index in [-0.39, 0.29) is 12.3 Å². The number of benzene rings is 1. The van der Waals surface area contributed by atoms with Crippen LogP contribution >= 0.6 is 0 Å². The Kier molecular flexibility index (Phi) is 8.33. The Labute approximate surface area is 149 Å². The summed E-state index contributed by atoms with van der Waals surface area (Å²) in [4.78, 5) is 27.6. The van der Waals surface area contributed by atoms with Crippen LogP contribution in [0.25, 0.3) is 17.0 Å². The van der Waals surface area contributed by atoms with Crippen molar-refractivity contribution in [3.8, 4) is 0 Å². The molecule has 5 heteroatoms. The molecule has 1 unspecified atom stereocenters. The Morgan fingerprint density at radius 3 is 2.60 bits per heavy atom. The number of para-hydroxylation sites is 1. The Hall–Kier alpha value is -2.69. The van der Waals surface area contributed by atoms with E-state index in [4.69, 9.17) is 0 Å². The number of hydrogen-bond acceptors (Lipinski definition) is 3. The van der Waals surface area contributed by atoms with Crippen LogP contribution in [0.2, 0.25) is 0 Å². The van der Waals surface area contributed by atoms with Crippen molar-refractivity contribution in [2.45, 2.75) is 39.7 Å². The van der Waals surface area contributed by atoms with E-state index in [2.05, 4.69) is 16.9 Å². The molecule has 0 aliphatic carbocycles. The highest BCUT2D eigenvalue weighted by atomic mass is 16.1. The summed E-state index contributed by atoms with van der Waals surface area (Å²) in [5.74, 6) is 0.607. The van der Waals surface area contributed by atoms with E-state index in [1.54, 1.807) is 19.3 Å². The first-order chi connectivity index (χ1) is 12.2. The lowest BCUT2D eigenvalue weighted by molar-refractivity contribution is -0.121. The fraction of sp³-hybridized carbons (Fsp3) is 0.350. The van der Waals surface area contributed by atoms with Gasteiger partial charge in [-0.05, 0) is 19.4 Å². The van der Waals surface area contributed by atoms with E-state index in [0.717, 1.165) is 22.8 Å². The van der Waals surface area contributed by atoms with Gasteiger partial charge in [0.05, 0.1) is 11.6 Å². The maximum absolute atomic E-state index is 11.7. The van der Waals surface area contributed by atoms with Gasteiger partial charge in [0.1, 0.15) is 12.1 Å². The van der Waals surface area contributed by atoms with Gasteiger partial charge < -0.3 is 14.7 Å². The summed E-state index contributed by atoms with van der Waals surface area (Å²) < 4.78 is 1.89. The van der Waals surface area contributed by atoms with Crippen LogP contribution in [0.5, 0.6) is 0 Å². The van der Waals surface area contributed by atoms with E-state index >= 15 is 0 Å². The second-order valence-electron chi connectivity index (χ2n) is 5.13. The molecule has 2 rings (SSSR count). The number of aromatic nitrogens is 1. The molecule has 0 saturated heterocycles. The number of carbonyl (C=O) groups is 2. The lowest BCUT2D eigenvalue weighted by atomic mass is 10.1. The molecule has 1 N–H and O–H groups in total. The van der Waals surface area contributed by atoms with Gasteiger partial charge in [0, 0.05) is 30.6 Å². The van der Waals surface area contributed by atoms with Crippen molar-refractivity contribution in [1.29, 1.82) is 0 Å². The van der Waals surface area contributed by atoms with Crippen molar-refractivity contribution < 1.29 is 9.59 Å². The average Bonchev–Trinajstić information content (AvgIpc) is 2.97. The van der Waals surface area contributed by atoms with Crippen LogP contribution in [-0.4, -0.2) is 30.0 Å². The van der Waals surface area contributed by atoms with Gasteiger partial charge in [-0.1, -0.05) is 44.7 Å². The lowest BCUT2D eigenvalue weighted by Crippen LogP contribution is -2.20. The number of aldehydes is 1. The Morgan fingerprint density at radius 2 is 2.04 bits per heavy atom. The monoisotopic (exact) mass is 341 g/mol. The van der Waals surface area contributed by atoms with E-state index in [9.17, 15) is 9.59 Å². The number of carbonyl (C=O) groups excluding carboxylic acids is 2. The molecule has 5 nitrogen and oxygen atoms in total. The van der Waals surface area contributed by atoms with Gasteiger partial charge in [-0.3, -0.25) is 4.79 Å². The van der Waals surface area contributed by atoms with Gasteiger partial charge in [-0.2, -0.15) is 0 Å². The summed E-state index contributed by atoms with van der Waals surface area (Å²) in [6.45, 7) is 9.70. The quantitative estimate of drug-likeness (QED) is 0.603. The van der Waals surface area contributed by atoms with E-state index in [1.165, 1.54) is 0 Å². The standard InChI is InChI=1S/C18H21N3O2.C2H6/c1-4-14-15-8-6-7-9-16(15)21(18(14)20-5-2)13(12-22)10-11-17(23)19-3;1-2/h4-9,12-13H,1,10-11H2,2-3H3,(H,19,23);1-2H3/b20-5-;. The molecule has 0 spiro atoms. The summed E-state index contributed by atoms with van der Waals surface area (Å²) in [5, 5.41) is 3.57. The molecule has 25 heavy (non-hydrogen) atoms. The Bertz CT molecular complexity index is 760. The van der Waals surface area contributed by atoms with Crippen LogP contribution in [0.1, 0.15) is 45.2 Å². The molecule has 1 atom stereocenters. The highest BCUT2D eigenvalue weighted by Gasteiger charge is 2.21. The van der Waals surface area contributed by atoms with Crippen molar-refractivity contribution in [3.05, 3.63) is 36.4 Å². The predicted molar refractivity (Wildman–Crippen MR) is 106 cm³/mol. The first kappa shape index (κ1) is 20.4. The van der Waals surface area contributed by atoms with Crippen molar-refractivity contribution in [3.63, 3.8) is 0 Å². The third kappa shape index (κ3) is 4.44. The molecule has 1 aromatic carbocycles. The lowest BCUT2D eigenvalue weighted by Gasteiger charge is -2.16. The first-order valence-electron chi connectivity index (χ1n) is 8.57. The molecular formula is C20H27N3O2. The van der Waals surface area contributed by atoms with Crippen molar-refractivity contribution >= 4 is 41.2 Å². The zero-order valence-electron chi connectivity index (χ0n) is 15.5. The average molecular weight is 341 g/mol. The largest absolute Gasteiger partial charge is 0.359 e. The minimum atomic E-state index is -0.454. The minimum absolute atomic E-state index is 0.0854. The fourth-order valence-corrected chi connectivity index (χ4v) is 2.73. The fourth-order valence-electron chi connectivity index (χ4n) is 2.73. The topological polar surface area (TPSA) is 63.5 Å². The molecule has 0 aliphatic heterocycles. The number of hydrogen-bond donors (Lipinski definition) is 1. The molecule has 0 fully saturated rings. The first-order valence-corrected chi connectivity index (χ1v) is 8.57. The zero-order valence-corrected chi connectivity index (χ0v) is 15.5. The van der Waals surface area contributed by atoms with Gasteiger partial charge in [0.15, 0.2) is 0 Å². The Morgan fingerprint density at radius 1 is 1.36 bits per heavy atom. The van der Waals surface area contributed by atoms with Gasteiger partial charge >= 0.3 is 0 Å². The Balaban J connectivity index is 0.00000151. The number of fused-ring (bicyclic) bond motifs is 1. The number of amides is 1. The normalized spacial score (nSPS) is 11.7. The SMILES string of the molecule is C=Cc1c(/N=C\C)n(C(C=O)CCC(=O)NC)c2ccccc12.CC. The van der Waals surface area contributed by atoms with E-state index in [0.29, 0.717) is 12.2 Å². The van der Waals surface area contributed by atoms with Crippen LogP contribution in [0.4, 0.5) is 5.82 Å². The van der Waals surface area contributed by atoms with E-state index < -0.39 is 6.04 Å². The summed E-state index contributed by atoms with van der Waals surface area (Å²) >= 11 is 0. The van der Waals surface area contributed by atoms with Crippen LogP contribution in [0, 0.1) is 0 Å². The van der Waals surface area contributed by atoms with Gasteiger partial charge in [0.25, 0.3) is 0 Å². The van der Waals surface area contributed by atoms with Crippen molar-refractivity contribution in [2.24, 2.45) is 4.99 Å². The summed E-state index contributed by atoms with van der Waals surface area (Å²) in [6.07, 6.45) is 5.02. The molecule has 0 radical (unpaired) electrons. The molecule has 1 heterocycles. The minimum Gasteiger partial charge on any atom is -0.359 e. The molecule has 0 bridgehead atoms. The maximum atomic E-state index is 11.7. The summed E-state index contributed by atoms with van der Waals surface area (Å²) in [5.41, 5.74) is 1.81. The van der Waals surface area contributed by atoms with Crippen LogP contribution in [0.3, 0.4) is 0 Å². The van der Waals surface area contributed by atoms with Crippen molar-refractivity contribution in [1.82, 2.24) is 9.88 Å². The van der Waals surface area contributed by atoms with Crippen molar-refractivity contribution in [2.75, 3.05) is 7.05 Å². The number of nitrogens with zero attached hydrogens (tertiary/aromatic N) is 2. The van der Waals surface area contributed by atoms with Crippen LogP contribution < -0.4 is 5.32 Å². The zero-order chi connectivity index (χ0) is 18.8. The third-order valence-corrected chi connectivity index (χ3v) is 3.81. The number of nitrogens with one attached hydrogen (secondary N) is 1. The molecule has 0 saturated carbocycles. The maximum Gasteiger partial charge on any atom is 0.219 e. The van der Waals surface area contributed by atoms with Gasteiger partial charge in [-0.25, -0.2) is 4.99 Å². The van der Waals surface area contributed by atoms with Gasteiger partial charge in [-0.15, -0.1) is 0 Å². The number of rotatable bonds is 7. The van der Waals surface area contributed by atoms with Gasteiger partial charge in [0.2, 0.25) is 5.91 Å². The van der Waals surface area contributed by atoms with Crippen LogP contribution in [0.15, 0.2) is 35.8 Å². The predicted octanol–water partition coefficient (Wildman–Crippen LogP) is 4.30. The third-order valence-electron chi connectivity index (χ3n) is 3.81. The molecule has 1 aromatic heterocycles. The summed E-state index contributed by atoms with van der Waals surface area (Å²) in [7, 11) is 1.59. The molecular weight excluding hydrogens is 314 g/mol. The second-order valence-corrected chi connectivity index (χ2v) is 5.13. The van der Waals surface area contributed by atoms with E-state index in [1.807, 2.05) is 49.6 Å². The highest BCUT2D eigenvalue weighted by Crippen LogP contribution is 2.36. The summed E-state index contributed by atoms with van der Waals surface area (Å²) in [6, 6.07) is 7.35. The molecule has 0 aliphatic rings. The molecule has 134 valence electrons. The smallest absolute Gasteiger partial charge is 0.219 e. The highest BCUT2D eigenvalue weighted by molar-refractivity contribution is 5.96. The number of aliphatic imine (C=N–C) groups is 1.